The lowest BCUT2D eigenvalue weighted by molar-refractivity contribution is 0.117. The van der Waals surface area contributed by atoms with E-state index >= 15 is 0 Å². The van der Waals surface area contributed by atoms with Gasteiger partial charge in [-0.05, 0) is 81.0 Å². The summed E-state index contributed by atoms with van der Waals surface area (Å²) in [5.41, 5.74) is 0. The van der Waals surface area contributed by atoms with Gasteiger partial charge in [0.25, 0.3) is 0 Å². The van der Waals surface area contributed by atoms with Crippen LogP contribution in [0.15, 0.2) is 12.7 Å². The van der Waals surface area contributed by atoms with Gasteiger partial charge in [0.1, 0.15) is 0 Å². The Balaban J connectivity index is 1.42. The average molecular weight is 284 g/mol. The zero-order valence-corrected chi connectivity index (χ0v) is 13.8. The van der Waals surface area contributed by atoms with Gasteiger partial charge in [0, 0.05) is 0 Å². The van der Waals surface area contributed by atoms with Crippen molar-refractivity contribution in [2.45, 2.75) is 82.9 Å². The molecule has 3 rings (SSSR count). The molecule has 21 heavy (non-hydrogen) atoms. The molecular weight excluding hydrogens is 251 g/mol. The van der Waals surface area contributed by atoms with Crippen molar-refractivity contribution < 1.29 is 0 Å². The molecule has 0 aromatic heterocycles. The van der Waals surface area contributed by atoms with Crippen LogP contribution in [0.1, 0.15) is 77.0 Å². The van der Waals surface area contributed by atoms with Crippen LogP contribution in [0.5, 0.6) is 0 Å². The van der Waals surface area contributed by atoms with Crippen molar-refractivity contribution in [2.75, 3.05) is 0 Å². The van der Waals surface area contributed by atoms with Crippen LogP contribution in [-0.4, -0.2) is 7.85 Å². The van der Waals surface area contributed by atoms with E-state index in [-0.39, 0.29) is 0 Å². The van der Waals surface area contributed by atoms with E-state index in [0.29, 0.717) is 5.82 Å². The Morgan fingerprint density at radius 1 is 0.571 bits per heavy atom. The SMILES string of the molecule is [B]C1CCC(C2CCC(C3CCC(C=C)CC3)CC2)CC1. The normalized spacial score (nSPS) is 45.1. The fourth-order valence-electron chi connectivity index (χ4n) is 5.56. The van der Waals surface area contributed by atoms with Gasteiger partial charge < -0.3 is 0 Å². The topological polar surface area (TPSA) is 0 Å². The second kappa shape index (κ2) is 7.38. The highest BCUT2D eigenvalue weighted by Gasteiger charge is 2.33. The zero-order valence-electron chi connectivity index (χ0n) is 13.8. The first kappa shape index (κ1) is 15.7. The Morgan fingerprint density at radius 2 is 0.905 bits per heavy atom. The summed E-state index contributed by atoms with van der Waals surface area (Å²) in [6.07, 6.45) is 19.5. The Bertz CT molecular complexity index is 313. The first-order chi connectivity index (χ1) is 10.3. The molecule has 2 radical (unpaired) electrons. The predicted molar refractivity (Wildman–Crippen MR) is 92.6 cm³/mol. The van der Waals surface area contributed by atoms with Crippen LogP contribution >= 0.6 is 0 Å². The molecule has 0 saturated heterocycles. The molecule has 0 nitrogen and oxygen atoms in total. The molecule has 3 aliphatic rings. The van der Waals surface area contributed by atoms with Crippen LogP contribution in [0.4, 0.5) is 0 Å². The number of allylic oxidation sites excluding steroid dienone is 1. The van der Waals surface area contributed by atoms with Crippen LogP contribution in [0.2, 0.25) is 5.82 Å². The van der Waals surface area contributed by atoms with Gasteiger partial charge in [0.05, 0.1) is 7.85 Å². The van der Waals surface area contributed by atoms with Crippen LogP contribution in [0, 0.1) is 29.6 Å². The van der Waals surface area contributed by atoms with E-state index in [1.807, 2.05) is 0 Å². The first-order valence-electron chi connectivity index (χ1n) is 9.64. The highest BCUT2D eigenvalue weighted by Crippen LogP contribution is 2.46. The molecule has 0 atom stereocenters. The number of hydrogen-bond acceptors (Lipinski definition) is 0. The van der Waals surface area contributed by atoms with Gasteiger partial charge in [-0.1, -0.05) is 37.6 Å². The summed E-state index contributed by atoms with van der Waals surface area (Å²) in [6.45, 7) is 3.98. The molecule has 0 aliphatic heterocycles. The zero-order chi connectivity index (χ0) is 14.7. The van der Waals surface area contributed by atoms with Gasteiger partial charge >= 0.3 is 0 Å². The smallest absolute Gasteiger partial charge is 0.0699 e. The molecule has 0 unspecified atom stereocenters. The Labute approximate surface area is 133 Å². The summed E-state index contributed by atoms with van der Waals surface area (Å²) in [6, 6.07) is 0. The summed E-state index contributed by atoms with van der Waals surface area (Å²) in [5.74, 6) is 5.49. The molecule has 0 spiro atoms. The average Bonchev–Trinajstić information content (AvgIpc) is 2.56. The van der Waals surface area contributed by atoms with Gasteiger partial charge in [0.2, 0.25) is 0 Å². The third-order valence-electron chi connectivity index (χ3n) is 7.12. The van der Waals surface area contributed by atoms with Crippen molar-refractivity contribution in [2.24, 2.45) is 29.6 Å². The van der Waals surface area contributed by atoms with Crippen molar-refractivity contribution in [1.29, 1.82) is 0 Å². The monoisotopic (exact) mass is 284 g/mol. The van der Waals surface area contributed by atoms with E-state index in [1.165, 1.54) is 77.0 Å². The fraction of sp³-hybridized carbons (Fsp3) is 0.900. The Morgan fingerprint density at radius 3 is 1.29 bits per heavy atom. The maximum Gasteiger partial charge on any atom is 0.0699 e. The van der Waals surface area contributed by atoms with Crippen LogP contribution < -0.4 is 0 Å². The van der Waals surface area contributed by atoms with Gasteiger partial charge in [-0.15, -0.1) is 6.58 Å². The van der Waals surface area contributed by atoms with Crippen LogP contribution in [0.25, 0.3) is 0 Å². The molecule has 0 bridgehead atoms. The van der Waals surface area contributed by atoms with Crippen molar-refractivity contribution in [3.63, 3.8) is 0 Å². The van der Waals surface area contributed by atoms with E-state index in [1.54, 1.807) is 0 Å². The highest BCUT2D eigenvalue weighted by atomic mass is 14.4. The maximum atomic E-state index is 6.06. The Kier molecular flexibility index (Phi) is 5.51. The molecular formula is C20H33B. The number of hydrogen-bond donors (Lipinski definition) is 0. The molecule has 0 aromatic carbocycles. The minimum atomic E-state index is 0.512. The lowest BCUT2D eigenvalue weighted by Crippen LogP contribution is -2.29. The summed E-state index contributed by atoms with van der Waals surface area (Å²) in [7, 11) is 6.06. The second-order valence-electron chi connectivity index (χ2n) is 8.26. The van der Waals surface area contributed by atoms with Crippen LogP contribution in [0.3, 0.4) is 0 Å². The molecule has 3 fully saturated rings. The third-order valence-corrected chi connectivity index (χ3v) is 7.12. The summed E-state index contributed by atoms with van der Waals surface area (Å²) in [4.78, 5) is 0. The summed E-state index contributed by atoms with van der Waals surface area (Å²) in [5, 5.41) is 0. The lowest BCUT2D eigenvalue weighted by Gasteiger charge is -2.41. The minimum Gasteiger partial charge on any atom is -0.103 e. The molecule has 0 amide bonds. The Hall–Kier alpha value is -0.195. The highest BCUT2D eigenvalue weighted by molar-refractivity contribution is 6.11. The maximum absolute atomic E-state index is 6.06. The van der Waals surface area contributed by atoms with Crippen molar-refractivity contribution in [3.8, 4) is 0 Å². The fourth-order valence-corrected chi connectivity index (χ4v) is 5.56. The molecule has 0 N–H and O–H groups in total. The summed E-state index contributed by atoms with van der Waals surface area (Å²) >= 11 is 0. The van der Waals surface area contributed by atoms with Gasteiger partial charge in [0.15, 0.2) is 0 Å². The van der Waals surface area contributed by atoms with E-state index in [2.05, 4.69) is 12.7 Å². The third kappa shape index (κ3) is 3.96. The van der Waals surface area contributed by atoms with Crippen molar-refractivity contribution in [3.05, 3.63) is 12.7 Å². The number of rotatable bonds is 3. The first-order valence-corrected chi connectivity index (χ1v) is 9.64. The van der Waals surface area contributed by atoms with Crippen molar-refractivity contribution in [1.82, 2.24) is 0 Å². The van der Waals surface area contributed by atoms with Crippen LogP contribution in [-0.2, 0) is 0 Å². The molecule has 116 valence electrons. The van der Waals surface area contributed by atoms with Gasteiger partial charge in [-0.3, -0.25) is 0 Å². The molecule has 0 aromatic rings. The standard InChI is InChI=1S/C20H33B/c1-2-15-3-5-16(6-4-15)17-7-9-18(10-8-17)19-11-13-20(21)14-12-19/h2,15-20H,1,3-14H2. The summed E-state index contributed by atoms with van der Waals surface area (Å²) < 4.78 is 0. The molecule has 1 heteroatoms. The largest absolute Gasteiger partial charge is 0.103 e. The van der Waals surface area contributed by atoms with Crippen molar-refractivity contribution >= 4 is 7.85 Å². The van der Waals surface area contributed by atoms with Gasteiger partial charge in [-0.2, -0.15) is 0 Å². The molecule has 3 aliphatic carbocycles. The predicted octanol–water partition coefficient (Wildman–Crippen LogP) is 5.93. The minimum absolute atomic E-state index is 0.512. The molecule has 3 saturated carbocycles. The molecule has 0 heterocycles. The van der Waals surface area contributed by atoms with E-state index in [4.69, 9.17) is 7.85 Å². The van der Waals surface area contributed by atoms with E-state index in [0.717, 1.165) is 29.6 Å². The quantitative estimate of drug-likeness (QED) is 0.445. The van der Waals surface area contributed by atoms with Gasteiger partial charge in [-0.25, -0.2) is 0 Å². The van der Waals surface area contributed by atoms with E-state index < -0.39 is 0 Å². The second-order valence-corrected chi connectivity index (χ2v) is 8.26. The lowest BCUT2D eigenvalue weighted by atomic mass is 9.63. The van der Waals surface area contributed by atoms with E-state index in [9.17, 15) is 0 Å².